The van der Waals surface area contributed by atoms with E-state index < -0.39 is 0 Å². The van der Waals surface area contributed by atoms with E-state index in [1.165, 1.54) is 22.0 Å². The van der Waals surface area contributed by atoms with E-state index in [2.05, 4.69) is 72.5 Å². The Morgan fingerprint density at radius 2 is 2.00 bits per heavy atom. The van der Waals surface area contributed by atoms with Crippen LogP contribution in [0.4, 0.5) is 0 Å². The summed E-state index contributed by atoms with van der Waals surface area (Å²) in [6.07, 6.45) is 13.7. The maximum atomic E-state index is 10.1. The number of nitrogens with zero attached hydrogens (tertiary/aromatic N) is 1. The Kier molecular flexibility index (Phi) is 4.87. The van der Waals surface area contributed by atoms with Crippen molar-refractivity contribution in [1.82, 2.24) is 9.88 Å². The number of aliphatic hydroxyl groups excluding tert-OH is 1. The fourth-order valence-electron chi connectivity index (χ4n) is 6.35. The quantitative estimate of drug-likeness (QED) is 0.823. The molecule has 1 saturated carbocycles. The monoisotopic (exact) mass is 404 g/mol. The van der Waals surface area contributed by atoms with E-state index in [0.717, 1.165) is 44.1 Å². The maximum Gasteiger partial charge on any atom is 0.107 e. The molecule has 30 heavy (non-hydrogen) atoms. The first-order valence-corrected chi connectivity index (χ1v) is 11.2. The molecule has 4 heteroatoms. The van der Waals surface area contributed by atoms with Gasteiger partial charge in [-0.1, -0.05) is 42.5 Å². The Bertz CT molecular complexity index is 1070. The van der Waals surface area contributed by atoms with Crippen molar-refractivity contribution < 1.29 is 9.84 Å². The molecule has 1 fully saturated rings. The Morgan fingerprint density at radius 3 is 2.77 bits per heavy atom. The van der Waals surface area contributed by atoms with Crippen molar-refractivity contribution in [3.05, 3.63) is 69.9 Å². The molecule has 3 atom stereocenters. The molecule has 5 rings (SSSR count). The van der Waals surface area contributed by atoms with Gasteiger partial charge in [0.15, 0.2) is 0 Å². The highest BCUT2D eigenvalue weighted by Crippen LogP contribution is 2.54. The first kappa shape index (κ1) is 19.7. The smallest absolute Gasteiger partial charge is 0.107 e. The van der Waals surface area contributed by atoms with Gasteiger partial charge in [-0.25, -0.2) is 0 Å². The number of nitrogens with one attached hydrogen (secondary N) is 1. The Hall–Kier alpha value is -2.30. The lowest BCUT2D eigenvalue weighted by molar-refractivity contribution is 0.0263. The van der Waals surface area contributed by atoms with E-state index >= 15 is 0 Å². The van der Waals surface area contributed by atoms with Gasteiger partial charge in [0.2, 0.25) is 0 Å². The van der Waals surface area contributed by atoms with Gasteiger partial charge in [-0.3, -0.25) is 4.90 Å². The lowest BCUT2D eigenvalue weighted by Crippen LogP contribution is -2.53. The third-order valence-corrected chi connectivity index (χ3v) is 7.87. The number of allylic oxidation sites excluding steroid dienone is 2. The fraction of sp³-hybridized carbons (Fsp3) is 0.462. The van der Waals surface area contributed by atoms with E-state index in [4.69, 9.17) is 4.74 Å². The molecule has 1 aromatic heterocycles. The lowest BCUT2D eigenvalue weighted by atomic mass is 9.54. The minimum absolute atomic E-state index is 0.00683. The second kappa shape index (κ2) is 7.44. The second-order valence-electron chi connectivity index (χ2n) is 9.32. The molecular weight excluding hydrogens is 372 g/mol. The van der Waals surface area contributed by atoms with Crippen LogP contribution in [0.15, 0.2) is 42.5 Å². The van der Waals surface area contributed by atoms with Crippen molar-refractivity contribution in [2.45, 2.75) is 43.1 Å². The zero-order valence-corrected chi connectivity index (χ0v) is 18.0. The first-order chi connectivity index (χ1) is 14.6. The molecule has 0 radical (unpaired) electrons. The van der Waals surface area contributed by atoms with E-state index in [0.29, 0.717) is 5.92 Å². The second-order valence-corrected chi connectivity index (χ2v) is 9.32. The van der Waals surface area contributed by atoms with Crippen LogP contribution in [0, 0.1) is 5.92 Å². The predicted molar refractivity (Wildman–Crippen MR) is 120 cm³/mol. The highest BCUT2D eigenvalue weighted by Gasteiger charge is 2.52. The van der Waals surface area contributed by atoms with Crippen LogP contribution >= 0.6 is 0 Å². The summed E-state index contributed by atoms with van der Waals surface area (Å²) >= 11 is 0. The molecule has 3 aliphatic rings. The van der Waals surface area contributed by atoms with Gasteiger partial charge >= 0.3 is 0 Å². The summed E-state index contributed by atoms with van der Waals surface area (Å²) in [7, 11) is 4.42. The average molecular weight is 405 g/mol. The normalized spacial score (nSPS) is 29.7. The highest BCUT2D eigenvalue weighted by molar-refractivity contribution is 5.54. The van der Waals surface area contributed by atoms with Crippen LogP contribution in [0.3, 0.4) is 0 Å². The molecule has 4 nitrogen and oxygen atoms in total. The van der Waals surface area contributed by atoms with Crippen LogP contribution in [0.25, 0.3) is 12.3 Å². The summed E-state index contributed by atoms with van der Waals surface area (Å²) in [6, 6.07) is 10.9. The number of hydrogen-bond acceptors (Lipinski definition) is 3. The van der Waals surface area contributed by atoms with Crippen molar-refractivity contribution >= 4 is 12.3 Å². The minimum Gasteiger partial charge on any atom is -0.499 e. The number of aromatic amines is 1. The summed E-state index contributed by atoms with van der Waals surface area (Å²) in [5, 5.41) is 12.4. The molecule has 2 aliphatic carbocycles. The van der Waals surface area contributed by atoms with Gasteiger partial charge in [-0.05, 0) is 68.5 Å². The summed E-state index contributed by atoms with van der Waals surface area (Å²) in [4.78, 5) is 6.01. The summed E-state index contributed by atoms with van der Waals surface area (Å²) in [5.74, 6) is 0.366. The number of rotatable bonds is 4. The van der Waals surface area contributed by atoms with Crippen molar-refractivity contribution in [3.8, 4) is 0 Å². The van der Waals surface area contributed by atoms with Crippen LogP contribution in [-0.4, -0.2) is 42.3 Å². The molecule has 1 spiro atoms. The van der Waals surface area contributed by atoms with Gasteiger partial charge in [-0.15, -0.1) is 0 Å². The number of ether oxygens (including phenoxy) is 1. The van der Waals surface area contributed by atoms with Crippen LogP contribution in [-0.2, 0) is 22.1 Å². The number of H-pyrrole nitrogens is 1. The van der Waals surface area contributed by atoms with E-state index in [9.17, 15) is 5.11 Å². The molecule has 1 aromatic carbocycles. The lowest BCUT2D eigenvalue weighted by Gasteiger charge is -2.54. The molecule has 158 valence electrons. The predicted octanol–water partition coefficient (Wildman–Crippen LogP) is 2.55. The number of hydrogen-bond donors (Lipinski definition) is 2. The van der Waals surface area contributed by atoms with E-state index in [-0.39, 0.29) is 17.6 Å². The Labute approximate surface area is 178 Å². The molecule has 0 bridgehead atoms. The van der Waals surface area contributed by atoms with Gasteiger partial charge in [0.25, 0.3) is 0 Å². The molecule has 0 saturated heterocycles. The molecular formula is C26H32N2O2. The van der Waals surface area contributed by atoms with Crippen molar-refractivity contribution in [2.75, 3.05) is 27.3 Å². The molecule has 2 N–H and O–H groups in total. The molecule has 1 aliphatic heterocycles. The zero-order valence-electron chi connectivity index (χ0n) is 18.0. The van der Waals surface area contributed by atoms with Crippen LogP contribution < -0.4 is 10.7 Å². The maximum absolute atomic E-state index is 10.1. The number of benzene rings is 1. The van der Waals surface area contributed by atoms with E-state index in [1.54, 1.807) is 0 Å². The van der Waals surface area contributed by atoms with Gasteiger partial charge in [0.05, 0.1) is 12.0 Å². The SMILES string of the molecule is CN(C)C1(c2ccccc2)CCC2(C=CC=c3[nH]c4c(c32)CCOC=4)C(CCO)C1. The fourth-order valence-corrected chi connectivity index (χ4v) is 6.35. The number of aliphatic hydroxyl groups is 1. The Balaban J connectivity index is 1.64. The van der Waals surface area contributed by atoms with E-state index in [1.807, 2.05) is 6.26 Å². The van der Waals surface area contributed by atoms with Gasteiger partial charge in [0.1, 0.15) is 6.26 Å². The van der Waals surface area contributed by atoms with Crippen LogP contribution in [0.5, 0.6) is 0 Å². The number of aromatic nitrogens is 1. The Morgan fingerprint density at radius 1 is 1.17 bits per heavy atom. The summed E-state index contributed by atoms with van der Waals surface area (Å²) < 4.78 is 5.61. The highest BCUT2D eigenvalue weighted by atomic mass is 16.5. The average Bonchev–Trinajstić information content (AvgIpc) is 3.16. The largest absolute Gasteiger partial charge is 0.499 e. The molecule has 2 aromatic rings. The van der Waals surface area contributed by atoms with Gasteiger partial charge in [0, 0.05) is 29.3 Å². The van der Waals surface area contributed by atoms with Crippen molar-refractivity contribution in [1.29, 1.82) is 0 Å². The topological polar surface area (TPSA) is 48.5 Å². The molecule has 3 unspecified atom stereocenters. The molecule has 2 heterocycles. The zero-order chi connectivity index (χ0) is 20.8. The standard InChI is InChI=1S/C26H32N2O2/c1-28(2)26(19-7-4-3-5-8-19)14-13-25(20(17-26)10-15-29)12-6-9-22-24(25)21-11-16-30-18-23(21)27-22/h3-9,12,18,20,27,29H,10-11,13-17H2,1-2H3. The van der Waals surface area contributed by atoms with Gasteiger partial charge in [-0.2, -0.15) is 0 Å². The van der Waals surface area contributed by atoms with Crippen LogP contribution in [0.1, 0.15) is 42.4 Å². The first-order valence-electron chi connectivity index (χ1n) is 11.2. The van der Waals surface area contributed by atoms with Crippen molar-refractivity contribution in [2.24, 2.45) is 5.92 Å². The summed E-state index contributed by atoms with van der Waals surface area (Å²) in [5.41, 5.74) is 4.22. The summed E-state index contributed by atoms with van der Waals surface area (Å²) in [6.45, 7) is 0.965. The third kappa shape index (κ3) is 2.81. The van der Waals surface area contributed by atoms with Crippen LogP contribution in [0.2, 0.25) is 0 Å². The van der Waals surface area contributed by atoms with Crippen molar-refractivity contribution in [3.63, 3.8) is 0 Å². The molecule has 0 amide bonds. The third-order valence-electron chi connectivity index (χ3n) is 7.87. The number of fused-ring (bicyclic) bond motifs is 4. The minimum atomic E-state index is -0.0314. The van der Waals surface area contributed by atoms with Gasteiger partial charge < -0.3 is 14.8 Å².